The van der Waals surface area contributed by atoms with E-state index in [4.69, 9.17) is 0 Å². The molecule has 2 aliphatic heterocycles. The number of hydrogen-bond donors (Lipinski definition) is 1. The van der Waals surface area contributed by atoms with Crippen LogP contribution in [0.4, 0.5) is 14.6 Å². The van der Waals surface area contributed by atoms with Crippen molar-refractivity contribution in [2.75, 3.05) is 31.1 Å². The zero-order chi connectivity index (χ0) is 15.3. The van der Waals surface area contributed by atoms with Crippen LogP contribution in [-0.4, -0.2) is 52.4 Å². The molecule has 1 spiro atoms. The molecule has 0 radical (unpaired) electrons. The Hall–Kier alpha value is -1.83. The molecule has 4 rings (SSSR count). The van der Waals surface area contributed by atoms with Crippen LogP contribution in [0.5, 0.6) is 0 Å². The fraction of sp³-hybridized carbons (Fsp3) is 0.643. The van der Waals surface area contributed by atoms with Crippen molar-refractivity contribution >= 4 is 17.0 Å². The standard InChI is InChI=1S/C14H18F2N6/c1-9-12(21-3-2-14(8-21)6-17-7-14)20-13-10(19-9)4-18-22(13)5-11(15)16/h4,11,17H,2-3,5-8H2,1H3. The Balaban J connectivity index is 1.69. The third kappa shape index (κ3) is 2.13. The van der Waals surface area contributed by atoms with E-state index in [0.717, 1.165) is 44.1 Å². The Labute approximate surface area is 126 Å². The van der Waals surface area contributed by atoms with Gasteiger partial charge >= 0.3 is 0 Å². The van der Waals surface area contributed by atoms with Gasteiger partial charge in [0.25, 0.3) is 6.43 Å². The van der Waals surface area contributed by atoms with Crippen LogP contribution >= 0.6 is 0 Å². The van der Waals surface area contributed by atoms with Crippen molar-refractivity contribution in [2.45, 2.75) is 26.3 Å². The fourth-order valence-electron chi connectivity index (χ4n) is 3.42. The van der Waals surface area contributed by atoms with Gasteiger partial charge in [0.1, 0.15) is 12.1 Å². The van der Waals surface area contributed by atoms with Crippen molar-refractivity contribution in [3.8, 4) is 0 Å². The van der Waals surface area contributed by atoms with E-state index in [1.54, 1.807) is 0 Å². The Bertz CT molecular complexity index is 709. The van der Waals surface area contributed by atoms with Gasteiger partial charge in [-0.2, -0.15) is 5.10 Å². The number of fused-ring (bicyclic) bond motifs is 1. The summed E-state index contributed by atoms with van der Waals surface area (Å²) in [5.74, 6) is 0.798. The van der Waals surface area contributed by atoms with Gasteiger partial charge in [0, 0.05) is 31.6 Å². The molecule has 8 heteroatoms. The van der Waals surface area contributed by atoms with E-state index in [-0.39, 0.29) is 0 Å². The SMILES string of the molecule is Cc1nc2cnn(CC(F)F)c2nc1N1CCC2(CNC2)C1. The maximum atomic E-state index is 12.6. The molecule has 0 aromatic carbocycles. The minimum Gasteiger partial charge on any atom is -0.354 e. The molecule has 0 bridgehead atoms. The van der Waals surface area contributed by atoms with E-state index in [1.165, 1.54) is 10.9 Å². The van der Waals surface area contributed by atoms with Gasteiger partial charge in [-0.25, -0.2) is 23.4 Å². The predicted octanol–water partition coefficient (Wildman–Crippen LogP) is 1.20. The van der Waals surface area contributed by atoms with Crippen molar-refractivity contribution in [2.24, 2.45) is 5.41 Å². The highest BCUT2D eigenvalue weighted by Crippen LogP contribution is 2.36. The molecule has 0 aliphatic carbocycles. The molecule has 0 unspecified atom stereocenters. The molecular formula is C14H18F2N6. The van der Waals surface area contributed by atoms with Gasteiger partial charge < -0.3 is 10.2 Å². The number of hydrogen-bond acceptors (Lipinski definition) is 5. The van der Waals surface area contributed by atoms with Crippen LogP contribution < -0.4 is 10.2 Å². The van der Waals surface area contributed by atoms with E-state index in [9.17, 15) is 8.78 Å². The third-order valence-corrected chi connectivity index (χ3v) is 4.67. The second-order valence-corrected chi connectivity index (χ2v) is 6.33. The number of nitrogens with one attached hydrogen (secondary N) is 1. The number of rotatable bonds is 3. The van der Waals surface area contributed by atoms with Crippen molar-refractivity contribution in [1.82, 2.24) is 25.1 Å². The van der Waals surface area contributed by atoms with Crippen LogP contribution in [0.15, 0.2) is 6.20 Å². The summed E-state index contributed by atoms with van der Waals surface area (Å²) in [7, 11) is 0. The molecule has 6 nitrogen and oxygen atoms in total. The van der Waals surface area contributed by atoms with E-state index in [2.05, 4.69) is 25.3 Å². The zero-order valence-corrected chi connectivity index (χ0v) is 12.4. The van der Waals surface area contributed by atoms with Crippen LogP contribution in [0.25, 0.3) is 11.2 Å². The van der Waals surface area contributed by atoms with Crippen molar-refractivity contribution in [3.63, 3.8) is 0 Å². The fourth-order valence-corrected chi connectivity index (χ4v) is 3.42. The number of alkyl halides is 2. The maximum Gasteiger partial charge on any atom is 0.258 e. The Kier molecular flexibility index (Phi) is 3.04. The van der Waals surface area contributed by atoms with Gasteiger partial charge in [-0.3, -0.25) is 0 Å². The van der Waals surface area contributed by atoms with Crippen molar-refractivity contribution in [3.05, 3.63) is 11.9 Å². The average molecular weight is 308 g/mol. The lowest BCUT2D eigenvalue weighted by Gasteiger charge is -2.39. The van der Waals surface area contributed by atoms with Gasteiger partial charge in [-0.15, -0.1) is 0 Å². The van der Waals surface area contributed by atoms with E-state index >= 15 is 0 Å². The summed E-state index contributed by atoms with van der Waals surface area (Å²) in [5, 5.41) is 7.31. The molecule has 1 N–H and O–H groups in total. The molecule has 2 saturated heterocycles. The second kappa shape index (κ2) is 4.84. The smallest absolute Gasteiger partial charge is 0.258 e. The molecule has 118 valence electrons. The number of aromatic nitrogens is 4. The highest BCUT2D eigenvalue weighted by molar-refractivity contribution is 5.72. The van der Waals surface area contributed by atoms with E-state index < -0.39 is 13.0 Å². The first-order chi connectivity index (χ1) is 10.6. The van der Waals surface area contributed by atoms with Gasteiger partial charge in [0.2, 0.25) is 0 Å². The topological polar surface area (TPSA) is 58.9 Å². The van der Waals surface area contributed by atoms with Gasteiger partial charge in [-0.1, -0.05) is 0 Å². The molecular weight excluding hydrogens is 290 g/mol. The maximum absolute atomic E-state index is 12.6. The first kappa shape index (κ1) is 13.8. The molecule has 0 saturated carbocycles. The minimum absolute atomic E-state index is 0.353. The molecule has 2 aromatic heterocycles. The molecule has 2 fully saturated rings. The monoisotopic (exact) mass is 308 g/mol. The van der Waals surface area contributed by atoms with E-state index in [0.29, 0.717) is 16.6 Å². The molecule has 22 heavy (non-hydrogen) atoms. The molecule has 2 aromatic rings. The zero-order valence-electron chi connectivity index (χ0n) is 12.4. The van der Waals surface area contributed by atoms with Crippen molar-refractivity contribution < 1.29 is 8.78 Å². The van der Waals surface area contributed by atoms with Crippen LogP contribution in [0.1, 0.15) is 12.1 Å². The minimum atomic E-state index is -2.45. The van der Waals surface area contributed by atoms with Crippen molar-refractivity contribution in [1.29, 1.82) is 0 Å². The predicted molar refractivity (Wildman–Crippen MR) is 78.2 cm³/mol. The normalized spacial score (nSPS) is 20.3. The van der Waals surface area contributed by atoms with Crippen LogP contribution in [-0.2, 0) is 6.54 Å². The highest BCUT2D eigenvalue weighted by atomic mass is 19.3. The summed E-state index contributed by atoms with van der Waals surface area (Å²) in [5.41, 5.74) is 2.19. The Morgan fingerprint density at radius 3 is 2.82 bits per heavy atom. The van der Waals surface area contributed by atoms with E-state index in [1.807, 2.05) is 6.92 Å². The summed E-state index contributed by atoms with van der Waals surface area (Å²) in [6.07, 6.45) is 0.184. The van der Waals surface area contributed by atoms with Crippen LogP contribution in [0.3, 0.4) is 0 Å². The lowest BCUT2D eigenvalue weighted by Crippen LogP contribution is -2.54. The molecule has 2 aliphatic rings. The van der Waals surface area contributed by atoms with Crippen LogP contribution in [0, 0.1) is 12.3 Å². The number of nitrogens with zero attached hydrogens (tertiary/aromatic N) is 5. The summed E-state index contributed by atoms with van der Waals surface area (Å²) in [6, 6.07) is 0. The molecule has 0 atom stereocenters. The van der Waals surface area contributed by atoms with Gasteiger partial charge in [0.15, 0.2) is 11.5 Å². The van der Waals surface area contributed by atoms with Gasteiger partial charge in [-0.05, 0) is 13.3 Å². The lowest BCUT2D eigenvalue weighted by molar-refractivity contribution is 0.123. The summed E-state index contributed by atoms with van der Waals surface area (Å²) in [4.78, 5) is 11.3. The summed E-state index contributed by atoms with van der Waals surface area (Å²) in [6.45, 7) is 5.43. The largest absolute Gasteiger partial charge is 0.354 e. The summed E-state index contributed by atoms with van der Waals surface area (Å²) < 4.78 is 26.5. The lowest BCUT2D eigenvalue weighted by atomic mass is 9.81. The first-order valence-electron chi connectivity index (χ1n) is 7.50. The third-order valence-electron chi connectivity index (χ3n) is 4.67. The quantitative estimate of drug-likeness (QED) is 0.923. The Morgan fingerprint density at radius 1 is 1.36 bits per heavy atom. The molecule has 0 amide bonds. The van der Waals surface area contributed by atoms with Gasteiger partial charge in [0.05, 0.1) is 11.9 Å². The second-order valence-electron chi connectivity index (χ2n) is 6.33. The highest BCUT2D eigenvalue weighted by Gasteiger charge is 2.43. The number of anilines is 1. The Morgan fingerprint density at radius 2 is 2.18 bits per heavy atom. The molecule has 4 heterocycles. The number of aryl methyl sites for hydroxylation is 1. The first-order valence-corrected chi connectivity index (χ1v) is 7.50. The summed E-state index contributed by atoms with van der Waals surface area (Å²) >= 11 is 0. The average Bonchev–Trinajstić information content (AvgIpc) is 3.02. The van der Waals surface area contributed by atoms with Crippen LogP contribution in [0.2, 0.25) is 0 Å². The number of halogens is 2.